The molecule has 0 saturated carbocycles. The van der Waals surface area contributed by atoms with Crippen LogP contribution >= 0.6 is 39.0 Å². The fourth-order valence-electron chi connectivity index (χ4n) is 1.81. The molecular weight excluding hydrogens is 368 g/mol. The van der Waals surface area contributed by atoms with Crippen LogP contribution in [0, 0.1) is 0 Å². The van der Waals surface area contributed by atoms with Gasteiger partial charge in [0.25, 0.3) is 0 Å². The van der Waals surface area contributed by atoms with Gasteiger partial charge in [0.15, 0.2) is 4.34 Å². The van der Waals surface area contributed by atoms with Crippen LogP contribution in [0.1, 0.15) is 25.5 Å². The average molecular weight is 387 g/mol. The third kappa shape index (κ3) is 4.42. The molecule has 0 fully saturated rings. The highest BCUT2D eigenvalue weighted by Crippen LogP contribution is 2.37. The van der Waals surface area contributed by atoms with Crippen LogP contribution in [0.2, 0.25) is 0 Å². The van der Waals surface area contributed by atoms with Crippen molar-refractivity contribution >= 4 is 44.2 Å². The number of hydrogen-bond acceptors (Lipinski definition) is 6. The topological polar surface area (TPSA) is 41.1 Å². The third-order valence-corrected chi connectivity index (χ3v) is 6.08. The first-order valence-electron chi connectivity index (χ1n) is 6.72. The van der Waals surface area contributed by atoms with Crippen molar-refractivity contribution in [3.63, 3.8) is 0 Å². The van der Waals surface area contributed by atoms with Crippen molar-refractivity contribution in [2.75, 3.05) is 25.5 Å². The van der Waals surface area contributed by atoms with Crippen molar-refractivity contribution in [3.05, 3.63) is 28.2 Å². The molecule has 1 aromatic heterocycles. The Balaban J connectivity index is 2.13. The van der Waals surface area contributed by atoms with Crippen LogP contribution < -0.4 is 10.2 Å². The van der Waals surface area contributed by atoms with Crippen LogP contribution in [-0.4, -0.2) is 30.8 Å². The van der Waals surface area contributed by atoms with Gasteiger partial charge in [-0.05, 0) is 47.1 Å². The quantitative estimate of drug-likeness (QED) is 0.805. The Morgan fingerprint density at radius 1 is 1.38 bits per heavy atom. The maximum atomic E-state index is 4.22. The molecule has 1 unspecified atom stereocenters. The highest BCUT2D eigenvalue weighted by molar-refractivity contribution is 9.10. The van der Waals surface area contributed by atoms with Gasteiger partial charge in [0.05, 0.1) is 0 Å². The smallest absolute Gasteiger partial charge is 0.208 e. The molecule has 1 heterocycles. The van der Waals surface area contributed by atoms with Crippen LogP contribution in [0.4, 0.5) is 5.13 Å². The molecule has 2 rings (SSSR count). The minimum atomic E-state index is 0.354. The highest BCUT2D eigenvalue weighted by atomic mass is 79.9. The SMILES string of the molecule is CCNC(C)c1ccc(Sc2nnc(N(C)C)s2)c(Br)c1. The first-order valence-corrected chi connectivity index (χ1v) is 9.15. The number of hydrogen-bond donors (Lipinski definition) is 1. The molecule has 0 aliphatic rings. The normalized spacial score (nSPS) is 12.4. The molecule has 0 saturated heterocycles. The van der Waals surface area contributed by atoms with Crippen molar-refractivity contribution in [2.24, 2.45) is 0 Å². The summed E-state index contributed by atoms with van der Waals surface area (Å²) >= 11 is 6.89. The molecule has 0 aliphatic carbocycles. The second kappa shape index (κ2) is 7.58. The van der Waals surface area contributed by atoms with Crippen LogP contribution in [-0.2, 0) is 0 Å². The van der Waals surface area contributed by atoms with Gasteiger partial charge in [-0.2, -0.15) is 0 Å². The lowest BCUT2D eigenvalue weighted by molar-refractivity contribution is 0.597. The summed E-state index contributed by atoms with van der Waals surface area (Å²) in [6, 6.07) is 6.82. The number of nitrogens with zero attached hydrogens (tertiary/aromatic N) is 3. The van der Waals surface area contributed by atoms with E-state index >= 15 is 0 Å². The van der Waals surface area contributed by atoms with E-state index in [1.165, 1.54) is 5.56 Å². The van der Waals surface area contributed by atoms with Crippen molar-refractivity contribution in [3.8, 4) is 0 Å². The Kier molecular flexibility index (Phi) is 6.04. The van der Waals surface area contributed by atoms with Crippen LogP contribution in [0.15, 0.2) is 31.9 Å². The summed E-state index contributed by atoms with van der Waals surface area (Å²) < 4.78 is 2.04. The minimum absolute atomic E-state index is 0.354. The predicted octanol–water partition coefficient (Wildman–Crippen LogP) is 4.19. The van der Waals surface area contributed by atoms with Crippen LogP contribution in [0.5, 0.6) is 0 Å². The average Bonchev–Trinajstić information content (AvgIpc) is 2.90. The van der Waals surface area contributed by atoms with Crippen molar-refractivity contribution in [1.29, 1.82) is 0 Å². The molecule has 0 radical (unpaired) electrons. The molecule has 21 heavy (non-hydrogen) atoms. The zero-order chi connectivity index (χ0) is 15.4. The maximum Gasteiger partial charge on any atom is 0.208 e. The lowest BCUT2D eigenvalue weighted by atomic mass is 10.1. The van der Waals surface area contributed by atoms with E-state index in [0.717, 1.165) is 25.4 Å². The summed E-state index contributed by atoms with van der Waals surface area (Å²) in [4.78, 5) is 3.13. The first kappa shape index (κ1) is 16.7. The Bertz CT molecular complexity index is 600. The fourth-order valence-corrected chi connectivity index (χ4v) is 4.18. The van der Waals surface area contributed by atoms with E-state index in [1.807, 2.05) is 19.0 Å². The van der Waals surface area contributed by atoms with Crippen LogP contribution in [0.25, 0.3) is 0 Å². The monoisotopic (exact) mass is 386 g/mol. The molecule has 0 bridgehead atoms. The van der Waals surface area contributed by atoms with Crippen LogP contribution in [0.3, 0.4) is 0 Å². The zero-order valence-corrected chi connectivity index (χ0v) is 15.8. The lowest BCUT2D eigenvalue weighted by Gasteiger charge is -2.14. The third-order valence-electron chi connectivity index (χ3n) is 2.94. The maximum absolute atomic E-state index is 4.22. The fraction of sp³-hybridized carbons (Fsp3) is 0.429. The van der Waals surface area contributed by atoms with E-state index in [9.17, 15) is 0 Å². The molecule has 4 nitrogen and oxygen atoms in total. The second-order valence-electron chi connectivity index (χ2n) is 4.82. The van der Waals surface area contributed by atoms with E-state index < -0.39 is 0 Å². The minimum Gasteiger partial charge on any atom is -0.353 e. The molecule has 7 heteroatoms. The van der Waals surface area contributed by atoms with Gasteiger partial charge in [0, 0.05) is 29.5 Å². The molecule has 0 amide bonds. The van der Waals surface area contributed by atoms with Gasteiger partial charge >= 0.3 is 0 Å². The molecule has 1 N–H and O–H groups in total. The summed E-state index contributed by atoms with van der Waals surface area (Å²) in [5, 5.41) is 12.7. The van der Waals surface area contributed by atoms with Crippen molar-refractivity contribution in [1.82, 2.24) is 15.5 Å². The predicted molar refractivity (Wildman–Crippen MR) is 94.6 cm³/mol. The van der Waals surface area contributed by atoms with E-state index in [2.05, 4.69) is 63.5 Å². The number of nitrogens with one attached hydrogen (secondary N) is 1. The summed E-state index contributed by atoms with van der Waals surface area (Å²) in [5.74, 6) is 0. The molecule has 2 aromatic rings. The second-order valence-corrected chi connectivity index (χ2v) is 7.92. The zero-order valence-electron chi connectivity index (χ0n) is 12.6. The summed E-state index contributed by atoms with van der Waals surface area (Å²) in [7, 11) is 3.95. The first-order chi connectivity index (χ1) is 10.0. The standard InChI is InChI=1S/C14H19BrN4S2/c1-5-16-9(2)10-6-7-12(11(15)8-10)20-14-18-17-13(21-14)19(3)4/h6-9,16H,5H2,1-4H3. The highest BCUT2D eigenvalue weighted by Gasteiger charge is 2.11. The van der Waals surface area contributed by atoms with E-state index in [4.69, 9.17) is 0 Å². The van der Waals surface area contributed by atoms with E-state index in [0.29, 0.717) is 6.04 Å². The number of benzene rings is 1. The van der Waals surface area contributed by atoms with Gasteiger partial charge in [0.1, 0.15) is 0 Å². The molecule has 1 aromatic carbocycles. The van der Waals surface area contributed by atoms with Crippen molar-refractivity contribution in [2.45, 2.75) is 29.1 Å². The molecule has 0 spiro atoms. The van der Waals surface area contributed by atoms with Gasteiger partial charge in [-0.15, -0.1) is 10.2 Å². The number of halogens is 1. The Morgan fingerprint density at radius 2 is 2.14 bits per heavy atom. The summed E-state index contributed by atoms with van der Waals surface area (Å²) in [5.41, 5.74) is 1.28. The summed E-state index contributed by atoms with van der Waals surface area (Å²) in [6.45, 7) is 5.26. The number of anilines is 1. The van der Waals surface area contributed by atoms with E-state index in [1.54, 1.807) is 23.1 Å². The molecule has 1 atom stereocenters. The van der Waals surface area contributed by atoms with Gasteiger partial charge in [0.2, 0.25) is 5.13 Å². The Labute approximate surface area is 142 Å². The van der Waals surface area contributed by atoms with Gasteiger partial charge in [-0.25, -0.2) is 0 Å². The molecule has 0 aliphatic heterocycles. The Morgan fingerprint density at radius 3 is 2.71 bits per heavy atom. The summed E-state index contributed by atoms with van der Waals surface area (Å²) in [6.07, 6.45) is 0. The Hall–Kier alpha value is -0.630. The molecular formula is C14H19BrN4S2. The number of aromatic nitrogens is 2. The lowest BCUT2D eigenvalue weighted by Crippen LogP contribution is -2.17. The van der Waals surface area contributed by atoms with E-state index in [-0.39, 0.29) is 0 Å². The van der Waals surface area contributed by atoms with Gasteiger partial charge in [-0.1, -0.05) is 36.1 Å². The molecule has 114 valence electrons. The largest absolute Gasteiger partial charge is 0.353 e. The van der Waals surface area contributed by atoms with Crippen molar-refractivity contribution < 1.29 is 0 Å². The van der Waals surface area contributed by atoms with Gasteiger partial charge in [-0.3, -0.25) is 0 Å². The number of rotatable bonds is 6. The van der Waals surface area contributed by atoms with Gasteiger partial charge < -0.3 is 10.2 Å².